The van der Waals surface area contributed by atoms with Crippen LogP contribution < -0.4 is 5.32 Å². The first-order chi connectivity index (χ1) is 14.9. The number of nitriles is 1. The lowest BCUT2D eigenvalue weighted by molar-refractivity contribution is -0.121. The smallest absolute Gasteiger partial charge is 0.230 e. The summed E-state index contributed by atoms with van der Waals surface area (Å²) in [5.41, 5.74) is 0.976. The molecule has 1 aliphatic rings. The maximum Gasteiger partial charge on any atom is 0.230 e. The Morgan fingerprint density at radius 1 is 1.39 bits per heavy atom. The largest absolute Gasteiger partial charge is 0.424 e. The van der Waals surface area contributed by atoms with Crippen molar-refractivity contribution in [2.24, 2.45) is 7.05 Å². The van der Waals surface area contributed by atoms with E-state index in [1.807, 2.05) is 0 Å². The van der Waals surface area contributed by atoms with E-state index < -0.39 is 5.54 Å². The molecule has 4 aromatic rings. The highest BCUT2D eigenvalue weighted by atomic mass is 32.1. The van der Waals surface area contributed by atoms with Crippen LogP contribution in [0.1, 0.15) is 29.6 Å². The lowest BCUT2D eigenvalue weighted by Crippen LogP contribution is -2.36. The van der Waals surface area contributed by atoms with Crippen LogP contribution in [0.3, 0.4) is 0 Å². The highest BCUT2D eigenvalue weighted by molar-refractivity contribution is 7.18. The lowest BCUT2D eigenvalue weighted by atomic mass is 10.1. The second-order valence-corrected chi connectivity index (χ2v) is 8.55. The summed E-state index contributed by atoms with van der Waals surface area (Å²) in [4.78, 5) is 16.5. The predicted molar refractivity (Wildman–Crippen MR) is 108 cm³/mol. The van der Waals surface area contributed by atoms with Crippen molar-refractivity contribution in [3.05, 3.63) is 47.1 Å². The number of carbonyl (C=O) groups is 1. The highest BCUT2D eigenvalue weighted by Crippen LogP contribution is 2.34. The van der Waals surface area contributed by atoms with Crippen LogP contribution in [0.25, 0.3) is 21.3 Å². The number of aromatic nitrogens is 5. The van der Waals surface area contributed by atoms with Gasteiger partial charge in [0.2, 0.25) is 17.7 Å². The molecular weight excluding hydrogens is 421 g/mol. The van der Waals surface area contributed by atoms with Crippen molar-refractivity contribution in [1.82, 2.24) is 30.3 Å². The summed E-state index contributed by atoms with van der Waals surface area (Å²) < 4.78 is 22.7. The molecule has 1 aliphatic carbocycles. The SMILES string of the molecule is Cn1cc(-c2ccc3nc(Cc4nnc(CC(=O)NC5(C#N)CC5)o4)sc3c2F)cn1. The summed E-state index contributed by atoms with van der Waals surface area (Å²) >= 11 is 1.22. The Hall–Kier alpha value is -3.65. The molecule has 0 bridgehead atoms. The topological polar surface area (TPSA) is 123 Å². The summed E-state index contributed by atoms with van der Waals surface area (Å²) in [6, 6.07) is 5.56. The lowest BCUT2D eigenvalue weighted by Gasteiger charge is -2.06. The van der Waals surface area contributed by atoms with Crippen molar-refractivity contribution in [1.29, 1.82) is 5.26 Å². The zero-order valence-corrected chi connectivity index (χ0v) is 17.2. The summed E-state index contributed by atoms with van der Waals surface area (Å²) in [6.07, 6.45) is 4.81. The number of amides is 1. The molecule has 156 valence electrons. The number of hydrogen-bond acceptors (Lipinski definition) is 8. The average Bonchev–Trinajstić information content (AvgIpc) is 3.07. The van der Waals surface area contributed by atoms with Gasteiger partial charge in [0.05, 0.1) is 28.9 Å². The third kappa shape index (κ3) is 3.77. The number of nitrogens with zero attached hydrogens (tertiary/aromatic N) is 6. The molecule has 5 rings (SSSR count). The number of fused-ring (bicyclic) bond motifs is 1. The average molecular weight is 437 g/mol. The summed E-state index contributed by atoms with van der Waals surface area (Å²) in [7, 11) is 1.78. The molecule has 0 saturated heterocycles. The predicted octanol–water partition coefficient (Wildman–Crippen LogP) is 2.52. The first-order valence-electron chi connectivity index (χ1n) is 9.55. The number of nitrogens with one attached hydrogen (secondary N) is 1. The molecule has 1 fully saturated rings. The van der Waals surface area contributed by atoms with Gasteiger partial charge >= 0.3 is 0 Å². The molecule has 0 unspecified atom stereocenters. The van der Waals surface area contributed by atoms with Crippen LogP contribution in [0.15, 0.2) is 28.9 Å². The molecule has 11 heteroatoms. The van der Waals surface area contributed by atoms with Gasteiger partial charge in [-0.1, -0.05) is 0 Å². The number of benzene rings is 1. The number of rotatable bonds is 6. The van der Waals surface area contributed by atoms with Crippen LogP contribution in [0.4, 0.5) is 4.39 Å². The van der Waals surface area contributed by atoms with E-state index in [1.54, 1.807) is 36.3 Å². The van der Waals surface area contributed by atoms with Gasteiger partial charge in [-0.25, -0.2) is 9.37 Å². The molecule has 1 saturated carbocycles. The van der Waals surface area contributed by atoms with Crippen molar-refractivity contribution in [2.75, 3.05) is 0 Å². The molecule has 0 spiro atoms. The minimum absolute atomic E-state index is 0.0978. The molecule has 0 atom stereocenters. The van der Waals surface area contributed by atoms with E-state index in [9.17, 15) is 4.79 Å². The van der Waals surface area contributed by atoms with Gasteiger partial charge in [0.15, 0.2) is 5.82 Å². The van der Waals surface area contributed by atoms with Gasteiger partial charge in [0.1, 0.15) is 17.0 Å². The first kappa shape index (κ1) is 19.3. The van der Waals surface area contributed by atoms with Crippen molar-refractivity contribution >= 4 is 27.5 Å². The van der Waals surface area contributed by atoms with Crippen molar-refractivity contribution in [3.8, 4) is 17.2 Å². The van der Waals surface area contributed by atoms with Gasteiger partial charge in [-0.15, -0.1) is 21.5 Å². The number of halogens is 1. The van der Waals surface area contributed by atoms with Crippen LogP contribution in [0.2, 0.25) is 0 Å². The molecule has 0 aliphatic heterocycles. The normalized spacial score (nSPS) is 14.5. The molecule has 9 nitrogen and oxygen atoms in total. The van der Waals surface area contributed by atoms with E-state index in [0.29, 0.717) is 39.2 Å². The molecule has 0 radical (unpaired) electrons. The van der Waals surface area contributed by atoms with E-state index in [2.05, 4.69) is 31.7 Å². The van der Waals surface area contributed by atoms with E-state index in [-0.39, 0.29) is 36.3 Å². The van der Waals surface area contributed by atoms with Gasteiger partial charge in [0, 0.05) is 24.4 Å². The zero-order valence-electron chi connectivity index (χ0n) is 16.4. The van der Waals surface area contributed by atoms with Crippen LogP contribution >= 0.6 is 11.3 Å². The summed E-state index contributed by atoms with van der Waals surface area (Å²) in [5.74, 6) is -0.230. The van der Waals surface area contributed by atoms with Gasteiger partial charge in [-0.05, 0) is 25.0 Å². The molecule has 31 heavy (non-hydrogen) atoms. The van der Waals surface area contributed by atoms with E-state index in [1.165, 1.54) is 11.3 Å². The molecular formula is C20H16FN7O2S. The second kappa shape index (κ2) is 7.24. The van der Waals surface area contributed by atoms with Crippen molar-refractivity contribution in [2.45, 2.75) is 31.2 Å². The minimum Gasteiger partial charge on any atom is -0.424 e. The van der Waals surface area contributed by atoms with Gasteiger partial charge < -0.3 is 9.73 Å². The fraction of sp³-hybridized carbons (Fsp3) is 0.300. The van der Waals surface area contributed by atoms with Crippen LogP contribution in [-0.2, 0) is 24.7 Å². The molecule has 1 amide bonds. The van der Waals surface area contributed by atoms with Gasteiger partial charge in [0.25, 0.3) is 0 Å². The monoisotopic (exact) mass is 437 g/mol. The number of hydrogen-bond donors (Lipinski definition) is 1. The number of carbonyl (C=O) groups excluding carboxylic acids is 1. The van der Waals surface area contributed by atoms with E-state index >= 15 is 4.39 Å². The Morgan fingerprint density at radius 3 is 2.90 bits per heavy atom. The second-order valence-electron chi connectivity index (χ2n) is 7.47. The van der Waals surface area contributed by atoms with Gasteiger partial charge in [-0.2, -0.15) is 10.4 Å². The number of thiazole rings is 1. The fourth-order valence-electron chi connectivity index (χ4n) is 3.26. The summed E-state index contributed by atoms with van der Waals surface area (Å²) in [5, 5.41) is 24.3. The maximum atomic E-state index is 15.0. The standard InChI is InChI=1S/C20H16FN7O2S/c1-28-9-11(8-23-28)12-2-3-13-19(18(12)21)31-17(24-13)7-16-27-26-15(30-16)6-14(29)25-20(10-22)4-5-20/h2-3,8-9H,4-7H2,1H3,(H,25,29). The van der Waals surface area contributed by atoms with Crippen LogP contribution in [0.5, 0.6) is 0 Å². The van der Waals surface area contributed by atoms with Crippen molar-refractivity contribution in [3.63, 3.8) is 0 Å². The quantitative estimate of drug-likeness (QED) is 0.492. The Bertz CT molecular complexity index is 1350. The van der Waals surface area contributed by atoms with E-state index in [0.717, 1.165) is 0 Å². The fourth-order valence-corrected chi connectivity index (χ4v) is 4.26. The Kier molecular flexibility index (Phi) is 4.51. The number of aryl methyl sites for hydroxylation is 1. The van der Waals surface area contributed by atoms with Gasteiger partial charge in [-0.3, -0.25) is 9.48 Å². The molecule has 1 N–H and O–H groups in total. The van der Waals surface area contributed by atoms with Crippen molar-refractivity contribution < 1.29 is 13.6 Å². The third-order valence-electron chi connectivity index (χ3n) is 5.02. The molecule has 1 aromatic carbocycles. The summed E-state index contributed by atoms with van der Waals surface area (Å²) in [6.45, 7) is 0. The van der Waals surface area contributed by atoms with Crippen LogP contribution in [-0.4, -0.2) is 36.4 Å². The zero-order chi connectivity index (χ0) is 21.6. The first-order valence-corrected chi connectivity index (χ1v) is 10.4. The van der Waals surface area contributed by atoms with E-state index in [4.69, 9.17) is 9.68 Å². The maximum absolute atomic E-state index is 15.0. The third-order valence-corrected chi connectivity index (χ3v) is 6.09. The molecule has 3 aromatic heterocycles. The Labute approximate surface area is 179 Å². The minimum atomic E-state index is -0.736. The Morgan fingerprint density at radius 2 is 2.19 bits per heavy atom. The Balaban J connectivity index is 1.31. The highest BCUT2D eigenvalue weighted by Gasteiger charge is 2.44. The molecule has 3 heterocycles. The van der Waals surface area contributed by atoms with Crippen LogP contribution in [0, 0.1) is 17.1 Å².